The third kappa shape index (κ3) is 5.67. The number of ether oxygens (including phenoxy) is 1. The fourth-order valence-corrected chi connectivity index (χ4v) is 3.15. The molecule has 0 saturated heterocycles. The first kappa shape index (κ1) is 16.7. The molecule has 0 aliphatic rings. The van der Waals surface area contributed by atoms with Crippen LogP contribution in [0.3, 0.4) is 0 Å². The van der Waals surface area contributed by atoms with Crippen LogP contribution in [0.4, 0.5) is 0 Å². The first-order valence-corrected chi connectivity index (χ1v) is 8.03. The van der Waals surface area contributed by atoms with Gasteiger partial charge in [-0.2, -0.15) is 0 Å². The molecule has 1 unspecified atom stereocenters. The van der Waals surface area contributed by atoms with Crippen molar-refractivity contribution in [3.63, 3.8) is 0 Å². The van der Waals surface area contributed by atoms with E-state index in [1.54, 1.807) is 0 Å². The van der Waals surface area contributed by atoms with Gasteiger partial charge in [0, 0.05) is 12.5 Å². The molecule has 0 saturated carbocycles. The van der Waals surface area contributed by atoms with Gasteiger partial charge in [-0.05, 0) is 69.3 Å². The molecule has 2 N–H and O–H groups in total. The molecule has 0 aliphatic carbocycles. The second kappa shape index (κ2) is 8.08. The summed E-state index contributed by atoms with van der Waals surface area (Å²) in [4.78, 5) is 0. The van der Waals surface area contributed by atoms with Gasteiger partial charge in [0.2, 0.25) is 0 Å². The van der Waals surface area contributed by atoms with Crippen molar-refractivity contribution in [2.75, 3.05) is 6.61 Å². The van der Waals surface area contributed by atoms with Gasteiger partial charge < -0.3 is 10.5 Å². The average molecular weight is 391 g/mol. The van der Waals surface area contributed by atoms with Crippen LogP contribution in [-0.4, -0.2) is 12.6 Å². The summed E-state index contributed by atoms with van der Waals surface area (Å²) in [6.07, 6.45) is 2.72. The first-order chi connectivity index (χ1) is 8.93. The summed E-state index contributed by atoms with van der Waals surface area (Å²) in [5, 5.41) is 0. The molecule has 0 spiro atoms. The normalized spacial score (nSPS) is 12.3. The molecule has 0 heterocycles. The molecule has 0 bridgehead atoms. The molecule has 0 amide bonds. The molecule has 1 aromatic rings. The lowest BCUT2D eigenvalue weighted by Crippen LogP contribution is -2.21. The lowest BCUT2D eigenvalue weighted by Gasteiger charge is -2.14. The first-order valence-electron chi connectivity index (χ1n) is 6.44. The van der Waals surface area contributed by atoms with E-state index in [1.807, 2.05) is 6.92 Å². The molecule has 19 heavy (non-hydrogen) atoms. The molecular formula is C15H21Br2NO. The Morgan fingerprint density at radius 3 is 2.42 bits per heavy atom. The van der Waals surface area contributed by atoms with E-state index in [9.17, 15) is 0 Å². The van der Waals surface area contributed by atoms with Gasteiger partial charge in [-0.15, -0.1) is 6.58 Å². The Bertz CT molecular complexity index is 423. The van der Waals surface area contributed by atoms with Crippen LogP contribution in [0.2, 0.25) is 0 Å². The highest BCUT2D eigenvalue weighted by molar-refractivity contribution is 9.11. The van der Waals surface area contributed by atoms with Crippen molar-refractivity contribution < 1.29 is 4.74 Å². The number of halogens is 2. The Labute approximate surface area is 132 Å². The minimum absolute atomic E-state index is 0.203. The van der Waals surface area contributed by atoms with Crippen molar-refractivity contribution in [1.82, 2.24) is 0 Å². The van der Waals surface area contributed by atoms with Crippen LogP contribution in [0.1, 0.15) is 32.3 Å². The molecule has 1 aromatic carbocycles. The Morgan fingerprint density at radius 1 is 1.37 bits per heavy atom. The van der Waals surface area contributed by atoms with E-state index in [-0.39, 0.29) is 6.04 Å². The van der Waals surface area contributed by atoms with Gasteiger partial charge in [-0.3, -0.25) is 0 Å². The second-order valence-corrected chi connectivity index (χ2v) is 6.53. The molecule has 2 nitrogen and oxygen atoms in total. The highest BCUT2D eigenvalue weighted by Gasteiger charge is 2.10. The van der Waals surface area contributed by atoms with Crippen LogP contribution in [0.15, 0.2) is 33.2 Å². The molecule has 0 radical (unpaired) electrons. The third-order valence-electron chi connectivity index (χ3n) is 2.86. The standard InChI is InChI=1S/C15H21Br2NO/c1-4-12(18)7-11-8-13(16)15(14(17)9-11)19-6-5-10(2)3/h8-9,12H,2,4-7,18H2,1,3H3. The summed E-state index contributed by atoms with van der Waals surface area (Å²) < 4.78 is 7.70. The van der Waals surface area contributed by atoms with Crippen molar-refractivity contribution in [2.24, 2.45) is 5.73 Å². The number of nitrogens with two attached hydrogens (primary N) is 1. The second-order valence-electron chi connectivity index (χ2n) is 4.82. The van der Waals surface area contributed by atoms with Crippen LogP contribution >= 0.6 is 31.9 Å². The van der Waals surface area contributed by atoms with Crippen molar-refractivity contribution in [2.45, 2.75) is 39.2 Å². The molecule has 1 rings (SSSR count). The minimum atomic E-state index is 0.203. The molecule has 1 atom stereocenters. The quantitative estimate of drug-likeness (QED) is 0.676. The van der Waals surface area contributed by atoms with E-state index >= 15 is 0 Å². The van der Waals surface area contributed by atoms with E-state index in [1.165, 1.54) is 5.56 Å². The van der Waals surface area contributed by atoms with Crippen LogP contribution in [0.5, 0.6) is 5.75 Å². The highest BCUT2D eigenvalue weighted by atomic mass is 79.9. The van der Waals surface area contributed by atoms with Crippen molar-refractivity contribution >= 4 is 31.9 Å². The van der Waals surface area contributed by atoms with Crippen LogP contribution in [-0.2, 0) is 6.42 Å². The molecular weight excluding hydrogens is 370 g/mol. The number of hydrogen-bond acceptors (Lipinski definition) is 2. The highest BCUT2D eigenvalue weighted by Crippen LogP contribution is 2.35. The average Bonchev–Trinajstić information content (AvgIpc) is 2.32. The Balaban J connectivity index is 2.76. The van der Waals surface area contributed by atoms with E-state index in [0.29, 0.717) is 6.61 Å². The van der Waals surface area contributed by atoms with Crippen LogP contribution < -0.4 is 10.5 Å². The summed E-state index contributed by atoms with van der Waals surface area (Å²) in [5.74, 6) is 0.843. The van der Waals surface area contributed by atoms with Gasteiger partial charge in [0.15, 0.2) is 0 Å². The van der Waals surface area contributed by atoms with Crippen molar-refractivity contribution in [3.8, 4) is 5.75 Å². The topological polar surface area (TPSA) is 35.2 Å². The van der Waals surface area contributed by atoms with Gasteiger partial charge >= 0.3 is 0 Å². The van der Waals surface area contributed by atoms with Gasteiger partial charge in [0.05, 0.1) is 15.6 Å². The lowest BCUT2D eigenvalue weighted by atomic mass is 10.0. The zero-order valence-electron chi connectivity index (χ0n) is 11.5. The fraction of sp³-hybridized carbons (Fsp3) is 0.467. The number of hydrogen-bond donors (Lipinski definition) is 1. The van der Waals surface area contributed by atoms with E-state index in [0.717, 1.165) is 39.5 Å². The maximum absolute atomic E-state index is 5.99. The zero-order chi connectivity index (χ0) is 14.4. The predicted molar refractivity (Wildman–Crippen MR) is 88.7 cm³/mol. The molecule has 0 fully saturated rings. The molecule has 4 heteroatoms. The van der Waals surface area contributed by atoms with Gasteiger partial charge in [0.1, 0.15) is 5.75 Å². The smallest absolute Gasteiger partial charge is 0.147 e. The molecule has 0 aromatic heterocycles. The van der Waals surface area contributed by atoms with Gasteiger partial charge in [-0.1, -0.05) is 12.5 Å². The number of benzene rings is 1. The summed E-state index contributed by atoms with van der Waals surface area (Å²) in [7, 11) is 0. The SMILES string of the molecule is C=C(C)CCOc1c(Br)cc(CC(N)CC)cc1Br. The molecule has 0 aliphatic heterocycles. The Kier molecular flexibility index (Phi) is 7.11. The summed E-state index contributed by atoms with van der Waals surface area (Å²) >= 11 is 7.12. The Morgan fingerprint density at radius 2 is 1.95 bits per heavy atom. The fourth-order valence-electron chi connectivity index (χ4n) is 1.64. The Hall–Kier alpha value is -0.320. The monoisotopic (exact) mass is 389 g/mol. The maximum Gasteiger partial charge on any atom is 0.147 e. The minimum Gasteiger partial charge on any atom is -0.491 e. The van der Waals surface area contributed by atoms with Gasteiger partial charge in [0.25, 0.3) is 0 Å². The summed E-state index contributed by atoms with van der Waals surface area (Å²) in [6, 6.07) is 4.36. The van der Waals surface area contributed by atoms with Crippen LogP contribution in [0.25, 0.3) is 0 Å². The molecule has 106 valence electrons. The predicted octanol–water partition coefficient (Wildman–Crippen LogP) is 4.84. The van der Waals surface area contributed by atoms with E-state index < -0.39 is 0 Å². The third-order valence-corrected chi connectivity index (χ3v) is 4.03. The summed E-state index contributed by atoms with van der Waals surface area (Å²) in [5.41, 5.74) is 8.32. The lowest BCUT2D eigenvalue weighted by molar-refractivity contribution is 0.317. The van der Waals surface area contributed by atoms with Crippen molar-refractivity contribution in [1.29, 1.82) is 0 Å². The maximum atomic E-state index is 5.99. The zero-order valence-corrected chi connectivity index (χ0v) is 14.7. The summed E-state index contributed by atoms with van der Waals surface area (Å²) in [6.45, 7) is 8.61. The van der Waals surface area contributed by atoms with E-state index in [4.69, 9.17) is 10.5 Å². The number of rotatable bonds is 7. The van der Waals surface area contributed by atoms with Gasteiger partial charge in [-0.25, -0.2) is 0 Å². The van der Waals surface area contributed by atoms with Crippen molar-refractivity contribution in [3.05, 3.63) is 38.8 Å². The largest absolute Gasteiger partial charge is 0.491 e. The van der Waals surface area contributed by atoms with Crippen LogP contribution in [0, 0.1) is 0 Å². The van der Waals surface area contributed by atoms with E-state index in [2.05, 4.69) is 57.5 Å².